The molecule has 0 bridgehead atoms. The molecule has 0 saturated heterocycles. The Bertz CT molecular complexity index is 616. The molecule has 0 radical (unpaired) electrons. The van der Waals surface area contributed by atoms with Gasteiger partial charge in [0.2, 0.25) is 0 Å². The van der Waals surface area contributed by atoms with Crippen LogP contribution in [0.15, 0.2) is 42.5 Å². The van der Waals surface area contributed by atoms with Crippen LogP contribution in [-0.4, -0.2) is 39.6 Å². The predicted octanol–water partition coefficient (Wildman–Crippen LogP) is 2.59. The van der Waals surface area contributed by atoms with Crippen LogP contribution in [0.2, 0.25) is 0 Å². The van der Waals surface area contributed by atoms with Gasteiger partial charge in [-0.1, -0.05) is 37.3 Å². The van der Waals surface area contributed by atoms with Crippen molar-refractivity contribution in [2.24, 2.45) is 0 Å². The normalized spacial score (nSPS) is 9.75. The fourth-order valence-electron chi connectivity index (χ4n) is 1.77. The molecule has 0 aliphatic heterocycles. The highest BCUT2D eigenvalue weighted by Gasteiger charge is 2.14. The molecule has 0 saturated carbocycles. The third kappa shape index (κ3) is 6.18. The Hall–Kier alpha value is -2.73. The minimum atomic E-state index is -0.651. The molecule has 2 aromatic rings. The van der Waals surface area contributed by atoms with Crippen LogP contribution in [-0.2, 0) is 11.2 Å². The average Bonchev–Trinajstić information content (AvgIpc) is 2.59. The van der Waals surface area contributed by atoms with Crippen LogP contribution >= 0.6 is 0 Å². The molecule has 0 fully saturated rings. The zero-order valence-corrected chi connectivity index (χ0v) is 13.5. The number of aliphatic hydroxyl groups excluding tert-OH is 1. The van der Waals surface area contributed by atoms with Crippen molar-refractivity contribution in [3.8, 4) is 17.2 Å². The average molecular weight is 334 g/mol. The number of esters is 1. The fourth-order valence-corrected chi connectivity index (χ4v) is 1.77. The van der Waals surface area contributed by atoms with Crippen molar-refractivity contribution in [2.45, 2.75) is 19.8 Å². The van der Waals surface area contributed by atoms with Gasteiger partial charge < -0.3 is 25.2 Å². The van der Waals surface area contributed by atoms with Gasteiger partial charge in [-0.3, -0.25) is 0 Å². The second-order valence-electron chi connectivity index (χ2n) is 4.96. The number of phenols is 3. The van der Waals surface area contributed by atoms with Gasteiger partial charge in [0.1, 0.15) is 0 Å². The summed E-state index contributed by atoms with van der Waals surface area (Å²) >= 11 is 0. The standard InChI is InChI=1S/C10H12O5.C8H10O/c1-2-3-15-10(14)6-4-7(11)9(13)8(12)5-6;9-7-6-8-4-2-1-3-5-8/h4-5,11-13H,2-3H2,1H3;1-5,9H,6-7H2. The Morgan fingerprint density at radius 3 is 2.12 bits per heavy atom. The molecule has 24 heavy (non-hydrogen) atoms. The van der Waals surface area contributed by atoms with Gasteiger partial charge in [-0.15, -0.1) is 0 Å². The molecule has 6 heteroatoms. The molecule has 6 nitrogen and oxygen atoms in total. The number of hydrogen-bond acceptors (Lipinski definition) is 6. The van der Waals surface area contributed by atoms with Gasteiger partial charge in [0, 0.05) is 6.61 Å². The first-order valence-corrected chi connectivity index (χ1v) is 7.56. The molecule has 0 spiro atoms. The SMILES string of the molecule is CCCOC(=O)c1cc(O)c(O)c(O)c1.OCCc1ccccc1. The van der Waals surface area contributed by atoms with E-state index in [4.69, 9.17) is 25.2 Å². The second kappa shape index (κ2) is 10.1. The van der Waals surface area contributed by atoms with E-state index in [0.717, 1.165) is 18.6 Å². The topological polar surface area (TPSA) is 107 Å². The van der Waals surface area contributed by atoms with Gasteiger partial charge in [0.05, 0.1) is 12.2 Å². The molecular formula is C18H22O6. The lowest BCUT2D eigenvalue weighted by Crippen LogP contribution is -2.05. The van der Waals surface area contributed by atoms with Crippen LogP contribution in [0.1, 0.15) is 29.3 Å². The van der Waals surface area contributed by atoms with Crippen LogP contribution in [0.25, 0.3) is 0 Å². The van der Waals surface area contributed by atoms with Crippen molar-refractivity contribution < 1.29 is 30.0 Å². The summed E-state index contributed by atoms with van der Waals surface area (Å²) in [5.41, 5.74) is 1.19. The van der Waals surface area contributed by atoms with Gasteiger partial charge in [0.25, 0.3) is 0 Å². The van der Waals surface area contributed by atoms with Crippen molar-refractivity contribution in [2.75, 3.05) is 13.2 Å². The molecule has 0 aliphatic rings. The van der Waals surface area contributed by atoms with Crippen molar-refractivity contribution >= 4 is 5.97 Å². The maximum atomic E-state index is 11.3. The third-order valence-electron chi connectivity index (χ3n) is 2.99. The van der Waals surface area contributed by atoms with Crippen LogP contribution < -0.4 is 0 Å². The minimum absolute atomic E-state index is 0.00347. The summed E-state index contributed by atoms with van der Waals surface area (Å²) in [4.78, 5) is 11.3. The Balaban J connectivity index is 0.000000272. The molecule has 4 N–H and O–H groups in total. The fraction of sp³-hybridized carbons (Fsp3) is 0.278. The lowest BCUT2D eigenvalue weighted by Gasteiger charge is -2.05. The number of carbonyl (C=O) groups excluding carboxylic acids is 1. The zero-order valence-electron chi connectivity index (χ0n) is 13.5. The summed E-state index contributed by atoms with van der Waals surface area (Å²) in [5.74, 6) is -2.42. The molecule has 0 amide bonds. The Labute approximate surface area is 140 Å². The predicted molar refractivity (Wildman–Crippen MR) is 89.2 cm³/mol. The third-order valence-corrected chi connectivity index (χ3v) is 2.99. The van der Waals surface area contributed by atoms with Crippen molar-refractivity contribution in [1.29, 1.82) is 0 Å². The minimum Gasteiger partial charge on any atom is -0.504 e. The number of hydrogen-bond donors (Lipinski definition) is 4. The van der Waals surface area contributed by atoms with Crippen molar-refractivity contribution in [3.63, 3.8) is 0 Å². The molecule has 130 valence electrons. The summed E-state index contributed by atoms with van der Waals surface area (Å²) in [6.45, 7) is 2.35. The number of ether oxygens (including phenoxy) is 1. The van der Waals surface area contributed by atoms with Gasteiger partial charge in [-0.2, -0.15) is 0 Å². The monoisotopic (exact) mass is 334 g/mol. The molecule has 0 atom stereocenters. The van der Waals surface area contributed by atoms with E-state index >= 15 is 0 Å². The summed E-state index contributed by atoms with van der Waals surface area (Å²) < 4.78 is 4.78. The number of aliphatic hydroxyl groups is 1. The second-order valence-corrected chi connectivity index (χ2v) is 4.96. The lowest BCUT2D eigenvalue weighted by atomic mass is 10.2. The van der Waals surface area contributed by atoms with E-state index in [-0.39, 0.29) is 18.8 Å². The summed E-state index contributed by atoms with van der Waals surface area (Å²) in [7, 11) is 0. The quantitative estimate of drug-likeness (QED) is 0.494. The Morgan fingerprint density at radius 1 is 1.04 bits per heavy atom. The molecule has 2 aromatic carbocycles. The summed E-state index contributed by atoms with van der Waals surface area (Å²) in [6.07, 6.45) is 1.45. The zero-order chi connectivity index (χ0) is 17.9. The first kappa shape index (κ1) is 19.3. The molecular weight excluding hydrogens is 312 g/mol. The van der Waals surface area contributed by atoms with E-state index in [2.05, 4.69) is 0 Å². The number of aromatic hydroxyl groups is 3. The smallest absolute Gasteiger partial charge is 0.338 e. The van der Waals surface area contributed by atoms with Gasteiger partial charge in [-0.05, 0) is 30.5 Å². The molecule has 0 heterocycles. The highest BCUT2D eigenvalue weighted by Crippen LogP contribution is 2.35. The van der Waals surface area contributed by atoms with E-state index in [9.17, 15) is 4.79 Å². The van der Waals surface area contributed by atoms with E-state index in [1.165, 1.54) is 5.56 Å². The molecule has 2 rings (SSSR count). The molecule has 0 aromatic heterocycles. The summed E-state index contributed by atoms with van der Waals surface area (Å²) in [5, 5.41) is 35.8. The summed E-state index contributed by atoms with van der Waals surface area (Å²) in [6, 6.07) is 12.0. The maximum Gasteiger partial charge on any atom is 0.338 e. The van der Waals surface area contributed by atoms with Crippen LogP contribution in [0.3, 0.4) is 0 Å². The van der Waals surface area contributed by atoms with E-state index in [0.29, 0.717) is 6.42 Å². The van der Waals surface area contributed by atoms with Crippen LogP contribution in [0, 0.1) is 0 Å². The lowest BCUT2D eigenvalue weighted by molar-refractivity contribution is 0.0504. The number of benzene rings is 2. The number of carbonyl (C=O) groups is 1. The van der Waals surface area contributed by atoms with E-state index < -0.39 is 23.2 Å². The van der Waals surface area contributed by atoms with Gasteiger partial charge >= 0.3 is 5.97 Å². The van der Waals surface area contributed by atoms with Crippen molar-refractivity contribution in [3.05, 3.63) is 53.6 Å². The first-order chi connectivity index (χ1) is 11.5. The number of rotatable bonds is 5. The molecule has 0 aliphatic carbocycles. The largest absolute Gasteiger partial charge is 0.504 e. The first-order valence-electron chi connectivity index (χ1n) is 7.56. The highest BCUT2D eigenvalue weighted by atomic mass is 16.5. The van der Waals surface area contributed by atoms with Crippen LogP contribution in [0.4, 0.5) is 0 Å². The Kier molecular flexibility index (Phi) is 8.15. The number of phenolic OH excluding ortho intramolecular Hbond substituents is 3. The highest BCUT2D eigenvalue weighted by molar-refractivity contribution is 5.91. The van der Waals surface area contributed by atoms with E-state index in [1.54, 1.807) is 0 Å². The van der Waals surface area contributed by atoms with Gasteiger partial charge in [0.15, 0.2) is 17.2 Å². The van der Waals surface area contributed by atoms with Crippen molar-refractivity contribution in [1.82, 2.24) is 0 Å². The maximum absolute atomic E-state index is 11.3. The Morgan fingerprint density at radius 2 is 1.62 bits per heavy atom. The van der Waals surface area contributed by atoms with Gasteiger partial charge in [-0.25, -0.2) is 4.79 Å². The van der Waals surface area contributed by atoms with Crippen LogP contribution in [0.5, 0.6) is 17.2 Å². The van der Waals surface area contributed by atoms with E-state index in [1.807, 2.05) is 37.3 Å². The molecule has 0 unspecified atom stereocenters.